The lowest BCUT2D eigenvalue weighted by Crippen LogP contribution is -2.18. The Morgan fingerprint density at radius 3 is 2.26 bits per heavy atom. The lowest BCUT2D eigenvalue weighted by atomic mass is 9.87. The molecule has 1 aliphatic rings. The average molecular weight is 444 g/mol. The van der Waals surface area contributed by atoms with E-state index in [0.717, 1.165) is 51.5 Å². The molecule has 3 heteroatoms. The summed E-state index contributed by atoms with van der Waals surface area (Å²) in [6, 6.07) is 25.1. The van der Waals surface area contributed by atoms with Crippen molar-refractivity contribution >= 4 is 22.4 Å². The van der Waals surface area contributed by atoms with Gasteiger partial charge in [-0.05, 0) is 48.4 Å². The van der Waals surface area contributed by atoms with Crippen LogP contribution < -0.4 is 4.90 Å². The van der Waals surface area contributed by atoms with Gasteiger partial charge in [0.15, 0.2) is 0 Å². The second kappa shape index (κ2) is 8.75. The Kier molecular flexibility index (Phi) is 5.62. The Balaban J connectivity index is 1.76. The molecule has 0 bridgehead atoms. The third kappa shape index (κ3) is 4.17. The van der Waals surface area contributed by atoms with Crippen molar-refractivity contribution in [1.82, 2.24) is 9.97 Å². The zero-order valence-electron chi connectivity index (χ0n) is 20.0. The minimum atomic E-state index is -0.150. The lowest BCUT2D eigenvalue weighted by molar-refractivity contribution is 0.571. The predicted molar refractivity (Wildman–Crippen MR) is 143 cm³/mol. The van der Waals surface area contributed by atoms with Crippen LogP contribution in [0.2, 0.25) is 0 Å². The van der Waals surface area contributed by atoms with Crippen LogP contribution in [0.5, 0.6) is 0 Å². The van der Waals surface area contributed by atoms with Crippen LogP contribution in [0.1, 0.15) is 32.0 Å². The van der Waals surface area contributed by atoms with E-state index in [-0.39, 0.29) is 5.41 Å². The van der Waals surface area contributed by atoms with Gasteiger partial charge in [0, 0.05) is 22.4 Å². The minimum absolute atomic E-state index is 0.150. The standard InChI is InChI=1S/C31H29N3/c1-22-13-7-5-8-14-23-19-20-24(21-28(23)34(22)25-15-9-6-10-16-25)29-30(31(2,3)4)33-27-18-12-11-17-26(27)32-29/h5-13,15-21H,1,14H2,2-4H3/b8-5-,13-7-. The van der Waals surface area contributed by atoms with Gasteiger partial charge in [0.05, 0.1) is 28.1 Å². The fraction of sp³-hybridized carbons (Fsp3) is 0.161. The highest BCUT2D eigenvalue weighted by Crippen LogP contribution is 2.38. The molecule has 5 rings (SSSR count). The molecule has 34 heavy (non-hydrogen) atoms. The Labute approximate surface area is 201 Å². The lowest BCUT2D eigenvalue weighted by Gasteiger charge is -2.28. The molecule has 0 atom stereocenters. The van der Waals surface area contributed by atoms with Gasteiger partial charge in [0.1, 0.15) is 0 Å². The van der Waals surface area contributed by atoms with Crippen molar-refractivity contribution in [3.8, 4) is 11.3 Å². The van der Waals surface area contributed by atoms with Gasteiger partial charge >= 0.3 is 0 Å². The molecule has 3 nitrogen and oxygen atoms in total. The van der Waals surface area contributed by atoms with Crippen molar-refractivity contribution in [1.29, 1.82) is 0 Å². The summed E-state index contributed by atoms with van der Waals surface area (Å²) in [6.45, 7) is 11.0. The summed E-state index contributed by atoms with van der Waals surface area (Å²) >= 11 is 0. The van der Waals surface area contributed by atoms with Gasteiger partial charge in [-0.25, -0.2) is 9.97 Å². The highest BCUT2D eigenvalue weighted by Gasteiger charge is 2.24. The molecule has 0 saturated carbocycles. The van der Waals surface area contributed by atoms with Crippen molar-refractivity contribution in [2.75, 3.05) is 4.90 Å². The molecular formula is C31H29N3. The van der Waals surface area contributed by atoms with E-state index in [2.05, 4.69) is 99.0 Å². The monoisotopic (exact) mass is 443 g/mol. The number of nitrogens with zero attached hydrogens (tertiary/aromatic N) is 3. The third-order valence-electron chi connectivity index (χ3n) is 6.06. The molecule has 0 spiro atoms. The largest absolute Gasteiger partial charge is 0.311 e. The number of aromatic nitrogens is 2. The van der Waals surface area contributed by atoms with Crippen LogP contribution in [-0.4, -0.2) is 9.97 Å². The molecule has 1 aromatic heterocycles. The summed E-state index contributed by atoms with van der Waals surface area (Å²) in [5.41, 5.74) is 9.01. The van der Waals surface area contributed by atoms with Gasteiger partial charge in [-0.3, -0.25) is 0 Å². The molecule has 2 heterocycles. The van der Waals surface area contributed by atoms with Gasteiger partial charge in [0.2, 0.25) is 0 Å². The van der Waals surface area contributed by atoms with Gasteiger partial charge in [-0.1, -0.05) is 88.0 Å². The number of allylic oxidation sites excluding steroid dienone is 4. The first-order valence-corrected chi connectivity index (χ1v) is 11.7. The van der Waals surface area contributed by atoms with E-state index < -0.39 is 0 Å². The van der Waals surface area contributed by atoms with E-state index in [4.69, 9.17) is 9.97 Å². The quantitative estimate of drug-likeness (QED) is 0.315. The average Bonchev–Trinajstić information content (AvgIpc) is 2.91. The Morgan fingerprint density at radius 1 is 0.824 bits per heavy atom. The van der Waals surface area contributed by atoms with Gasteiger partial charge < -0.3 is 4.90 Å². The zero-order valence-corrected chi connectivity index (χ0v) is 20.0. The smallest absolute Gasteiger partial charge is 0.0931 e. The summed E-state index contributed by atoms with van der Waals surface area (Å²) in [5.74, 6) is 0. The summed E-state index contributed by atoms with van der Waals surface area (Å²) < 4.78 is 0. The molecule has 0 saturated heterocycles. The molecule has 168 valence electrons. The van der Waals surface area contributed by atoms with Crippen LogP contribution in [0.15, 0.2) is 109 Å². The van der Waals surface area contributed by atoms with E-state index in [1.165, 1.54) is 5.56 Å². The SMILES string of the molecule is C=C1/C=C\C=C/Cc2ccc(-c3nc4ccccc4nc3C(C)(C)C)cc2N1c1ccccc1. The van der Waals surface area contributed by atoms with Gasteiger partial charge in [0.25, 0.3) is 0 Å². The number of benzene rings is 3. The normalized spacial score (nSPS) is 15.9. The van der Waals surface area contributed by atoms with E-state index in [1.807, 2.05) is 30.3 Å². The number of hydrogen-bond acceptors (Lipinski definition) is 3. The Morgan fingerprint density at radius 2 is 1.53 bits per heavy atom. The Bertz CT molecular complexity index is 1420. The second-order valence-corrected chi connectivity index (χ2v) is 9.66. The first kappa shape index (κ1) is 21.8. The molecule has 1 aliphatic heterocycles. The number of fused-ring (bicyclic) bond motifs is 2. The van der Waals surface area contributed by atoms with Crippen molar-refractivity contribution in [3.63, 3.8) is 0 Å². The third-order valence-corrected chi connectivity index (χ3v) is 6.06. The number of anilines is 2. The molecular weight excluding hydrogens is 414 g/mol. The van der Waals surface area contributed by atoms with Crippen molar-refractivity contribution in [2.24, 2.45) is 0 Å². The predicted octanol–water partition coefficient (Wildman–Crippen LogP) is 7.91. The van der Waals surface area contributed by atoms with E-state index in [9.17, 15) is 0 Å². The first-order valence-electron chi connectivity index (χ1n) is 11.7. The Hall–Kier alpha value is -3.98. The second-order valence-electron chi connectivity index (χ2n) is 9.66. The molecule has 3 aromatic carbocycles. The molecule has 0 aliphatic carbocycles. The summed E-state index contributed by atoms with van der Waals surface area (Å²) in [4.78, 5) is 12.4. The topological polar surface area (TPSA) is 29.0 Å². The number of para-hydroxylation sites is 3. The molecule has 0 radical (unpaired) electrons. The van der Waals surface area contributed by atoms with E-state index in [0.29, 0.717) is 0 Å². The molecule has 4 aromatic rings. The molecule has 0 N–H and O–H groups in total. The molecule has 0 amide bonds. The van der Waals surface area contributed by atoms with Crippen molar-refractivity contribution in [3.05, 3.63) is 121 Å². The number of rotatable bonds is 2. The maximum absolute atomic E-state index is 5.11. The van der Waals surface area contributed by atoms with Crippen molar-refractivity contribution in [2.45, 2.75) is 32.6 Å². The molecule has 0 unspecified atom stereocenters. The van der Waals surface area contributed by atoms with Crippen LogP contribution in [0.4, 0.5) is 11.4 Å². The maximum Gasteiger partial charge on any atom is 0.0931 e. The van der Waals surface area contributed by atoms with Crippen LogP contribution in [-0.2, 0) is 11.8 Å². The van der Waals surface area contributed by atoms with Crippen LogP contribution >= 0.6 is 0 Å². The highest BCUT2D eigenvalue weighted by molar-refractivity contribution is 5.82. The fourth-order valence-electron chi connectivity index (χ4n) is 4.37. The van der Waals surface area contributed by atoms with Crippen LogP contribution in [0.3, 0.4) is 0 Å². The van der Waals surface area contributed by atoms with Crippen LogP contribution in [0.25, 0.3) is 22.3 Å². The fourth-order valence-corrected chi connectivity index (χ4v) is 4.37. The van der Waals surface area contributed by atoms with Crippen molar-refractivity contribution < 1.29 is 0 Å². The maximum atomic E-state index is 5.11. The van der Waals surface area contributed by atoms with E-state index >= 15 is 0 Å². The summed E-state index contributed by atoms with van der Waals surface area (Å²) in [6.07, 6.45) is 9.22. The zero-order chi connectivity index (χ0) is 23.7. The summed E-state index contributed by atoms with van der Waals surface area (Å²) in [7, 11) is 0. The van der Waals surface area contributed by atoms with Gasteiger partial charge in [-0.15, -0.1) is 0 Å². The van der Waals surface area contributed by atoms with Gasteiger partial charge in [-0.2, -0.15) is 0 Å². The highest BCUT2D eigenvalue weighted by atomic mass is 15.1. The van der Waals surface area contributed by atoms with E-state index in [1.54, 1.807) is 0 Å². The number of hydrogen-bond donors (Lipinski definition) is 0. The van der Waals surface area contributed by atoms with Crippen LogP contribution in [0, 0.1) is 0 Å². The summed E-state index contributed by atoms with van der Waals surface area (Å²) in [5, 5.41) is 0. The molecule has 0 fully saturated rings. The minimum Gasteiger partial charge on any atom is -0.311 e. The first-order chi connectivity index (χ1) is 16.4.